The second kappa shape index (κ2) is 4.66. The molecule has 1 fully saturated rings. The monoisotopic (exact) mass is 236 g/mol. The highest BCUT2D eigenvalue weighted by Gasteiger charge is 2.16. The summed E-state index contributed by atoms with van der Waals surface area (Å²) >= 11 is 5.36. The first-order chi connectivity index (χ1) is 7.68. The van der Waals surface area contributed by atoms with Crippen molar-refractivity contribution in [3.8, 4) is 0 Å². The van der Waals surface area contributed by atoms with Gasteiger partial charge >= 0.3 is 0 Å². The minimum Gasteiger partial charge on any atom is -0.357 e. The smallest absolute Gasteiger partial charge is 0.252 e. The molecule has 1 aliphatic heterocycles. The molecule has 3 nitrogen and oxygen atoms in total. The van der Waals surface area contributed by atoms with Crippen molar-refractivity contribution < 1.29 is 4.79 Å². The molecule has 0 bridgehead atoms. The molecule has 0 aliphatic carbocycles. The zero-order chi connectivity index (χ0) is 11.5. The lowest BCUT2D eigenvalue weighted by atomic mass is 10.1. The average Bonchev–Trinajstić information content (AvgIpc) is 2.81. The highest BCUT2D eigenvalue weighted by atomic mass is 35.5. The first-order valence-corrected chi connectivity index (χ1v) is 5.70. The second-order valence-electron chi connectivity index (χ2n) is 3.89. The maximum atomic E-state index is 10.9. The van der Waals surface area contributed by atoms with Crippen LogP contribution in [0.5, 0.6) is 0 Å². The van der Waals surface area contributed by atoms with E-state index in [1.54, 1.807) is 24.3 Å². The van der Waals surface area contributed by atoms with Crippen LogP contribution >= 0.6 is 11.6 Å². The zero-order valence-electron chi connectivity index (χ0n) is 8.87. The number of halogens is 1. The summed E-state index contributed by atoms with van der Waals surface area (Å²) in [7, 11) is 0. The first kappa shape index (κ1) is 11.1. The summed E-state index contributed by atoms with van der Waals surface area (Å²) in [6.07, 6.45) is 2.31. The molecule has 4 heteroatoms. The molecular weight excluding hydrogens is 224 g/mol. The van der Waals surface area contributed by atoms with E-state index >= 15 is 0 Å². The molecule has 1 saturated heterocycles. The highest BCUT2D eigenvalue weighted by Crippen LogP contribution is 2.14. The summed E-state index contributed by atoms with van der Waals surface area (Å²) in [6.45, 7) is 1.91. The maximum absolute atomic E-state index is 10.9. The standard InChI is InChI=1S/C12H13ClN2O/c13-11(16)9-3-5-10(6-4-9)12(14)15-7-1-2-8-15/h3-6,14H,1-2,7-8H2. The predicted molar refractivity (Wildman–Crippen MR) is 64.3 cm³/mol. The van der Waals surface area contributed by atoms with Gasteiger partial charge in [0, 0.05) is 24.2 Å². The Morgan fingerprint density at radius 2 is 1.62 bits per heavy atom. The third-order valence-electron chi connectivity index (χ3n) is 2.81. The average molecular weight is 237 g/mol. The summed E-state index contributed by atoms with van der Waals surface area (Å²) in [6, 6.07) is 6.87. The number of nitrogens with one attached hydrogen (secondary N) is 1. The van der Waals surface area contributed by atoms with E-state index in [1.165, 1.54) is 0 Å². The van der Waals surface area contributed by atoms with Crippen molar-refractivity contribution in [1.82, 2.24) is 4.90 Å². The van der Waals surface area contributed by atoms with Crippen LogP contribution in [0.4, 0.5) is 0 Å². The summed E-state index contributed by atoms with van der Waals surface area (Å²) in [5, 5.41) is 7.55. The van der Waals surface area contributed by atoms with E-state index in [1.807, 2.05) is 0 Å². The molecule has 1 aliphatic rings. The predicted octanol–water partition coefficient (Wildman–Crippen LogP) is 2.49. The van der Waals surface area contributed by atoms with Crippen LogP contribution in [0.1, 0.15) is 28.8 Å². The Morgan fingerprint density at radius 3 is 2.12 bits per heavy atom. The number of hydrogen-bond acceptors (Lipinski definition) is 2. The van der Waals surface area contributed by atoms with Crippen molar-refractivity contribution in [3.05, 3.63) is 35.4 Å². The van der Waals surface area contributed by atoms with E-state index in [9.17, 15) is 4.79 Å². The molecule has 2 rings (SSSR count). The van der Waals surface area contributed by atoms with Gasteiger partial charge in [-0.15, -0.1) is 0 Å². The molecule has 0 amide bonds. The maximum Gasteiger partial charge on any atom is 0.252 e. The third-order valence-corrected chi connectivity index (χ3v) is 3.03. The third kappa shape index (κ3) is 2.25. The number of nitrogens with zero attached hydrogens (tertiary/aromatic N) is 1. The van der Waals surface area contributed by atoms with E-state index in [-0.39, 0.29) is 0 Å². The molecule has 84 valence electrons. The zero-order valence-corrected chi connectivity index (χ0v) is 9.63. The highest BCUT2D eigenvalue weighted by molar-refractivity contribution is 6.67. The van der Waals surface area contributed by atoms with E-state index < -0.39 is 5.24 Å². The Balaban J connectivity index is 2.14. The second-order valence-corrected chi connectivity index (χ2v) is 4.24. The van der Waals surface area contributed by atoms with Gasteiger partial charge in [0.2, 0.25) is 0 Å². The summed E-state index contributed by atoms with van der Waals surface area (Å²) < 4.78 is 0. The van der Waals surface area contributed by atoms with Gasteiger partial charge in [-0.1, -0.05) is 12.1 Å². The van der Waals surface area contributed by atoms with E-state index in [4.69, 9.17) is 17.0 Å². The van der Waals surface area contributed by atoms with Gasteiger partial charge in [0.15, 0.2) is 0 Å². The van der Waals surface area contributed by atoms with Gasteiger partial charge in [0.1, 0.15) is 5.84 Å². The lowest BCUT2D eigenvalue weighted by molar-refractivity contribution is 0.108. The number of hydrogen-bond donors (Lipinski definition) is 1. The molecule has 1 heterocycles. The van der Waals surface area contributed by atoms with Crippen LogP contribution in [0.15, 0.2) is 24.3 Å². The van der Waals surface area contributed by atoms with Gasteiger partial charge in [-0.25, -0.2) is 0 Å². The summed E-state index contributed by atoms with van der Waals surface area (Å²) in [5.41, 5.74) is 1.31. The largest absolute Gasteiger partial charge is 0.357 e. The van der Waals surface area contributed by atoms with Gasteiger partial charge < -0.3 is 4.90 Å². The molecule has 0 atom stereocenters. The molecule has 1 N–H and O–H groups in total. The van der Waals surface area contributed by atoms with Gasteiger partial charge in [0.25, 0.3) is 5.24 Å². The Bertz CT molecular complexity index is 408. The molecule has 1 aromatic rings. The molecule has 0 unspecified atom stereocenters. The number of rotatable bonds is 2. The molecule has 0 radical (unpaired) electrons. The minimum absolute atomic E-state index is 0.459. The quantitative estimate of drug-likeness (QED) is 0.487. The van der Waals surface area contributed by atoms with Crippen LogP contribution in [0.3, 0.4) is 0 Å². The van der Waals surface area contributed by atoms with Crippen LogP contribution in [0.25, 0.3) is 0 Å². The normalized spacial score (nSPS) is 15.2. The molecule has 0 aromatic heterocycles. The lowest BCUT2D eigenvalue weighted by Gasteiger charge is -2.18. The fraction of sp³-hybridized carbons (Fsp3) is 0.333. The number of carbonyl (C=O) groups excluding carboxylic acids is 1. The number of carbonyl (C=O) groups is 1. The summed E-state index contributed by atoms with van der Waals surface area (Å²) in [5.74, 6) is 0.533. The lowest BCUT2D eigenvalue weighted by Crippen LogP contribution is -2.27. The van der Waals surface area contributed by atoms with E-state index in [0.29, 0.717) is 11.4 Å². The van der Waals surface area contributed by atoms with Crippen LogP contribution in [-0.4, -0.2) is 29.1 Å². The Morgan fingerprint density at radius 1 is 1.12 bits per heavy atom. The topological polar surface area (TPSA) is 44.2 Å². The molecule has 16 heavy (non-hydrogen) atoms. The van der Waals surface area contributed by atoms with Gasteiger partial charge in [-0.2, -0.15) is 0 Å². The van der Waals surface area contributed by atoms with Crippen LogP contribution in [0.2, 0.25) is 0 Å². The Labute approximate surface area is 99.5 Å². The van der Waals surface area contributed by atoms with Crippen molar-refractivity contribution in [3.63, 3.8) is 0 Å². The van der Waals surface area contributed by atoms with Crippen LogP contribution in [-0.2, 0) is 0 Å². The summed E-state index contributed by atoms with van der Waals surface area (Å²) in [4.78, 5) is 12.9. The van der Waals surface area contributed by atoms with Gasteiger partial charge in [-0.3, -0.25) is 10.2 Å². The molecule has 0 spiro atoms. The van der Waals surface area contributed by atoms with Gasteiger partial charge in [-0.05, 0) is 36.6 Å². The minimum atomic E-state index is -0.459. The Hall–Kier alpha value is -1.35. The van der Waals surface area contributed by atoms with Crippen molar-refractivity contribution in [2.75, 3.05) is 13.1 Å². The van der Waals surface area contributed by atoms with Crippen molar-refractivity contribution >= 4 is 22.7 Å². The van der Waals surface area contributed by atoms with Crippen molar-refractivity contribution in [1.29, 1.82) is 5.41 Å². The molecular formula is C12H13ClN2O. The fourth-order valence-electron chi connectivity index (χ4n) is 1.88. The van der Waals surface area contributed by atoms with E-state index in [2.05, 4.69) is 4.90 Å². The molecule has 1 aromatic carbocycles. The van der Waals surface area contributed by atoms with Crippen LogP contribution in [0, 0.1) is 5.41 Å². The van der Waals surface area contributed by atoms with E-state index in [0.717, 1.165) is 31.5 Å². The first-order valence-electron chi connectivity index (χ1n) is 5.32. The Kier molecular flexibility index (Phi) is 3.25. The van der Waals surface area contributed by atoms with Crippen molar-refractivity contribution in [2.24, 2.45) is 0 Å². The number of amidine groups is 1. The molecule has 0 saturated carbocycles. The van der Waals surface area contributed by atoms with Crippen molar-refractivity contribution in [2.45, 2.75) is 12.8 Å². The number of likely N-dealkylation sites (tertiary alicyclic amines) is 1. The SMILES string of the molecule is N=C(c1ccc(C(=O)Cl)cc1)N1CCCC1. The van der Waals surface area contributed by atoms with Crippen LogP contribution < -0.4 is 0 Å². The fourth-order valence-corrected chi connectivity index (χ4v) is 2.01. The number of benzene rings is 1. The van der Waals surface area contributed by atoms with Gasteiger partial charge in [0.05, 0.1) is 0 Å².